The molecule has 0 aliphatic carbocycles. The number of aliphatic hydroxyl groups excluding tert-OH is 1. The molecule has 1 aromatic rings. The van der Waals surface area contributed by atoms with Crippen LogP contribution in [-0.4, -0.2) is 18.3 Å². The van der Waals surface area contributed by atoms with E-state index in [1.165, 1.54) is 0 Å². The van der Waals surface area contributed by atoms with Crippen LogP contribution in [-0.2, 0) is 0 Å². The van der Waals surface area contributed by atoms with Crippen molar-refractivity contribution < 1.29 is 14.6 Å². The molecule has 114 valence electrons. The van der Waals surface area contributed by atoms with Crippen molar-refractivity contribution in [3.05, 3.63) is 22.7 Å². The number of ether oxygens (including phenoxy) is 2. The van der Waals surface area contributed by atoms with E-state index in [0.717, 1.165) is 6.42 Å². The van der Waals surface area contributed by atoms with Crippen LogP contribution in [0.25, 0.3) is 0 Å². The number of benzene rings is 1. The summed E-state index contributed by atoms with van der Waals surface area (Å²) in [6.45, 7) is 11.0. The molecule has 20 heavy (non-hydrogen) atoms. The van der Waals surface area contributed by atoms with Crippen LogP contribution in [0.1, 0.15) is 52.7 Å². The molecule has 3 nitrogen and oxygen atoms in total. The molecule has 0 saturated heterocycles. The lowest BCUT2D eigenvalue weighted by Gasteiger charge is -2.30. The fraction of sp³-hybridized carbons (Fsp3) is 0.625. The van der Waals surface area contributed by atoms with Gasteiger partial charge in [-0.05, 0) is 31.7 Å². The van der Waals surface area contributed by atoms with Crippen LogP contribution >= 0.6 is 11.6 Å². The van der Waals surface area contributed by atoms with E-state index in [1.54, 1.807) is 12.1 Å². The summed E-state index contributed by atoms with van der Waals surface area (Å²) >= 11 is 6.30. The van der Waals surface area contributed by atoms with E-state index in [-0.39, 0.29) is 5.41 Å². The van der Waals surface area contributed by atoms with Crippen LogP contribution < -0.4 is 9.47 Å². The van der Waals surface area contributed by atoms with Gasteiger partial charge in [0.25, 0.3) is 0 Å². The first-order valence-corrected chi connectivity index (χ1v) is 7.52. The molecular formula is C16H25ClO3. The van der Waals surface area contributed by atoms with Gasteiger partial charge < -0.3 is 14.6 Å². The minimum absolute atomic E-state index is 0.250. The fourth-order valence-corrected chi connectivity index (χ4v) is 2.17. The second kappa shape index (κ2) is 7.19. The average Bonchev–Trinajstić information content (AvgIpc) is 2.41. The molecule has 0 saturated carbocycles. The van der Waals surface area contributed by atoms with Gasteiger partial charge in [0, 0.05) is 11.6 Å². The van der Waals surface area contributed by atoms with Gasteiger partial charge in [0.05, 0.1) is 24.3 Å². The lowest BCUT2D eigenvalue weighted by molar-refractivity contribution is 0.0464. The summed E-state index contributed by atoms with van der Waals surface area (Å²) < 4.78 is 11.1. The Hall–Kier alpha value is -0.930. The van der Waals surface area contributed by atoms with Crippen molar-refractivity contribution >= 4 is 11.6 Å². The van der Waals surface area contributed by atoms with Crippen molar-refractivity contribution in [1.82, 2.24) is 0 Å². The molecule has 0 heterocycles. The first kappa shape index (κ1) is 17.1. The van der Waals surface area contributed by atoms with Crippen LogP contribution in [0.15, 0.2) is 12.1 Å². The van der Waals surface area contributed by atoms with Crippen LogP contribution in [0.5, 0.6) is 11.5 Å². The maximum Gasteiger partial charge on any atom is 0.162 e. The predicted molar refractivity (Wildman–Crippen MR) is 82.8 cm³/mol. The molecule has 0 radical (unpaired) electrons. The Labute approximate surface area is 126 Å². The van der Waals surface area contributed by atoms with Gasteiger partial charge in [-0.15, -0.1) is 0 Å². The van der Waals surface area contributed by atoms with Gasteiger partial charge in [0.2, 0.25) is 0 Å². The zero-order valence-corrected chi connectivity index (χ0v) is 13.8. The molecule has 1 rings (SSSR count). The Morgan fingerprint density at radius 1 is 1.10 bits per heavy atom. The molecule has 0 aliphatic heterocycles. The number of hydrogen-bond acceptors (Lipinski definition) is 3. The SMILES string of the molecule is CCOc1cc(Cl)c(C(O)C(C)(C)CC)cc1OCC. The van der Waals surface area contributed by atoms with E-state index in [1.807, 2.05) is 27.7 Å². The number of hydrogen-bond donors (Lipinski definition) is 1. The molecule has 4 heteroatoms. The molecule has 1 unspecified atom stereocenters. The number of aliphatic hydroxyl groups is 1. The van der Waals surface area contributed by atoms with E-state index in [0.29, 0.717) is 35.3 Å². The fourth-order valence-electron chi connectivity index (χ4n) is 1.91. The van der Waals surface area contributed by atoms with Crippen molar-refractivity contribution in [3.8, 4) is 11.5 Å². The van der Waals surface area contributed by atoms with E-state index >= 15 is 0 Å². The second-order valence-corrected chi connectivity index (χ2v) is 5.84. The van der Waals surface area contributed by atoms with Crippen molar-refractivity contribution in [1.29, 1.82) is 0 Å². The van der Waals surface area contributed by atoms with Crippen LogP contribution in [0.3, 0.4) is 0 Å². The molecule has 1 N–H and O–H groups in total. The predicted octanol–water partition coefficient (Wildman–Crippen LogP) is 4.61. The van der Waals surface area contributed by atoms with Gasteiger partial charge in [-0.1, -0.05) is 32.4 Å². The first-order valence-electron chi connectivity index (χ1n) is 7.14. The van der Waals surface area contributed by atoms with Crippen molar-refractivity contribution in [3.63, 3.8) is 0 Å². The van der Waals surface area contributed by atoms with Gasteiger partial charge >= 0.3 is 0 Å². The van der Waals surface area contributed by atoms with Gasteiger partial charge in [-0.2, -0.15) is 0 Å². The monoisotopic (exact) mass is 300 g/mol. The molecule has 0 spiro atoms. The lowest BCUT2D eigenvalue weighted by Crippen LogP contribution is -2.21. The zero-order valence-electron chi connectivity index (χ0n) is 13.0. The molecule has 0 bridgehead atoms. The van der Waals surface area contributed by atoms with Gasteiger partial charge in [0.15, 0.2) is 11.5 Å². The van der Waals surface area contributed by atoms with Crippen molar-refractivity contribution in [2.24, 2.45) is 5.41 Å². The highest BCUT2D eigenvalue weighted by atomic mass is 35.5. The Balaban J connectivity index is 3.24. The third-order valence-electron chi connectivity index (χ3n) is 3.61. The Bertz CT molecular complexity index is 444. The third kappa shape index (κ3) is 3.80. The number of rotatable bonds is 7. The van der Waals surface area contributed by atoms with E-state index in [4.69, 9.17) is 21.1 Å². The second-order valence-electron chi connectivity index (χ2n) is 5.43. The smallest absolute Gasteiger partial charge is 0.162 e. The van der Waals surface area contributed by atoms with Gasteiger partial charge in [-0.25, -0.2) is 0 Å². The molecule has 1 atom stereocenters. The molecule has 0 amide bonds. The van der Waals surface area contributed by atoms with Crippen LogP contribution in [0, 0.1) is 5.41 Å². The Kier molecular flexibility index (Phi) is 6.15. The molecule has 0 fully saturated rings. The van der Waals surface area contributed by atoms with Crippen LogP contribution in [0.4, 0.5) is 0 Å². The van der Waals surface area contributed by atoms with Gasteiger partial charge in [-0.3, -0.25) is 0 Å². The zero-order chi connectivity index (χ0) is 15.3. The Morgan fingerprint density at radius 3 is 2.05 bits per heavy atom. The van der Waals surface area contributed by atoms with Gasteiger partial charge in [0.1, 0.15) is 0 Å². The molecule has 0 aliphatic rings. The highest BCUT2D eigenvalue weighted by Gasteiger charge is 2.30. The normalized spacial score (nSPS) is 13.2. The van der Waals surface area contributed by atoms with E-state index in [9.17, 15) is 5.11 Å². The summed E-state index contributed by atoms with van der Waals surface area (Å²) in [6.07, 6.45) is 0.205. The summed E-state index contributed by atoms with van der Waals surface area (Å²) in [5, 5.41) is 11.1. The molecule has 0 aromatic heterocycles. The summed E-state index contributed by atoms with van der Waals surface area (Å²) in [4.78, 5) is 0. The third-order valence-corrected chi connectivity index (χ3v) is 3.94. The van der Waals surface area contributed by atoms with E-state index in [2.05, 4.69) is 6.92 Å². The minimum Gasteiger partial charge on any atom is -0.490 e. The standard InChI is InChI=1S/C16H25ClO3/c1-6-16(4,5)15(18)11-9-13(19-7-2)14(20-8-3)10-12(11)17/h9-10,15,18H,6-8H2,1-5H3. The summed E-state index contributed by atoms with van der Waals surface area (Å²) in [5.41, 5.74) is 0.436. The summed E-state index contributed by atoms with van der Waals surface area (Å²) in [5.74, 6) is 1.24. The minimum atomic E-state index is -0.644. The van der Waals surface area contributed by atoms with Crippen molar-refractivity contribution in [2.45, 2.75) is 47.1 Å². The molecular weight excluding hydrogens is 276 g/mol. The summed E-state index contributed by atoms with van der Waals surface area (Å²) in [6, 6.07) is 3.51. The quantitative estimate of drug-likeness (QED) is 0.799. The first-order chi connectivity index (χ1) is 9.37. The molecule has 1 aromatic carbocycles. The van der Waals surface area contributed by atoms with E-state index < -0.39 is 6.10 Å². The average molecular weight is 301 g/mol. The highest BCUT2D eigenvalue weighted by Crippen LogP contribution is 2.43. The van der Waals surface area contributed by atoms with Crippen molar-refractivity contribution in [2.75, 3.05) is 13.2 Å². The van der Waals surface area contributed by atoms with Crippen LogP contribution in [0.2, 0.25) is 5.02 Å². The lowest BCUT2D eigenvalue weighted by atomic mass is 9.80. The topological polar surface area (TPSA) is 38.7 Å². The Morgan fingerprint density at radius 2 is 1.60 bits per heavy atom. The highest BCUT2D eigenvalue weighted by molar-refractivity contribution is 6.31. The maximum absolute atomic E-state index is 10.6. The largest absolute Gasteiger partial charge is 0.490 e. The number of halogens is 1. The summed E-state index contributed by atoms with van der Waals surface area (Å²) in [7, 11) is 0. The maximum atomic E-state index is 10.6.